The quantitative estimate of drug-likeness (QED) is 0.690. The van der Waals surface area contributed by atoms with Crippen molar-refractivity contribution < 1.29 is 13.2 Å². The summed E-state index contributed by atoms with van der Waals surface area (Å²) in [4.78, 5) is 33.2. The van der Waals surface area contributed by atoms with E-state index in [0.717, 1.165) is 0 Å². The van der Waals surface area contributed by atoms with Crippen molar-refractivity contribution in [3.8, 4) is 0 Å². The van der Waals surface area contributed by atoms with Gasteiger partial charge in [-0.05, 0) is 12.1 Å². The maximum absolute atomic E-state index is 12.8. The molecule has 28 heavy (non-hydrogen) atoms. The zero-order chi connectivity index (χ0) is 20.5. The number of hydrogen-bond donors (Lipinski definition) is 0. The van der Waals surface area contributed by atoms with E-state index < -0.39 is 10.0 Å². The van der Waals surface area contributed by atoms with E-state index in [2.05, 4.69) is 4.98 Å². The fraction of sp³-hybridized carbons (Fsp3) is 0.500. The van der Waals surface area contributed by atoms with Crippen LogP contribution >= 0.6 is 0 Å². The number of anilines is 1. The number of carbonyl (C=O) groups is 1. The first-order valence-corrected chi connectivity index (χ1v) is 10.9. The van der Waals surface area contributed by atoms with Gasteiger partial charge in [-0.25, -0.2) is 13.4 Å². The maximum Gasteiger partial charge on any atom is 0.293 e. The number of hydrogen-bond acceptors (Lipinski definition) is 6. The fourth-order valence-corrected chi connectivity index (χ4v) is 4.15. The van der Waals surface area contributed by atoms with Crippen LogP contribution in [0.15, 0.2) is 29.1 Å². The van der Waals surface area contributed by atoms with Gasteiger partial charge in [0.15, 0.2) is 5.82 Å². The average molecular weight is 407 g/mol. The summed E-state index contributed by atoms with van der Waals surface area (Å²) < 4.78 is 26.2. The third kappa shape index (κ3) is 4.17. The molecule has 0 spiro atoms. The summed E-state index contributed by atoms with van der Waals surface area (Å²) in [5, 5.41) is 0. The number of aryl methyl sites for hydroxylation is 1. The van der Waals surface area contributed by atoms with Crippen LogP contribution in [-0.4, -0.2) is 79.6 Å². The highest BCUT2D eigenvalue weighted by Gasteiger charge is 2.26. The van der Waals surface area contributed by atoms with Crippen molar-refractivity contribution in [3.05, 3.63) is 34.6 Å². The van der Waals surface area contributed by atoms with E-state index in [1.54, 1.807) is 28.5 Å². The monoisotopic (exact) mass is 407 g/mol. The Kier molecular flexibility index (Phi) is 5.71. The lowest BCUT2D eigenvalue weighted by molar-refractivity contribution is -0.132. The van der Waals surface area contributed by atoms with Gasteiger partial charge in [0, 0.05) is 53.2 Å². The first kappa shape index (κ1) is 20.3. The van der Waals surface area contributed by atoms with Crippen molar-refractivity contribution in [2.45, 2.75) is 13.0 Å². The van der Waals surface area contributed by atoms with Crippen LogP contribution < -0.4 is 10.5 Å². The predicted octanol–water partition coefficient (Wildman–Crippen LogP) is -0.0436. The molecule has 0 aliphatic carbocycles. The van der Waals surface area contributed by atoms with Crippen molar-refractivity contribution in [2.24, 2.45) is 0 Å². The van der Waals surface area contributed by atoms with Crippen LogP contribution in [0, 0.1) is 0 Å². The Bertz CT molecular complexity index is 1040. The van der Waals surface area contributed by atoms with E-state index in [-0.39, 0.29) is 24.4 Å². The Labute approximate surface area is 164 Å². The van der Waals surface area contributed by atoms with Gasteiger partial charge < -0.3 is 14.4 Å². The van der Waals surface area contributed by atoms with Crippen LogP contribution in [0.4, 0.5) is 5.82 Å². The van der Waals surface area contributed by atoms with Crippen LogP contribution in [0.3, 0.4) is 0 Å². The number of amides is 1. The number of benzene rings is 1. The van der Waals surface area contributed by atoms with E-state index in [9.17, 15) is 18.0 Å². The summed E-state index contributed by atoms with van der Waals surface area (Å²) in [7, 11) is 0.284. The molecule has 1 fully saturated rings. The van der Waals surface area contributed by atoms with E-state index in [0.29, 0.717) is 43.0 Å². The van der Waals surface area contributed by atoms with Crippen molar-refractivity contribution >= 4 is 32.8 Å². The highest BCUT2D eigenvalue weighted by atomic mass is 32.2. The summed E-state index contributed by atoms with van der Waals surface area (Å²) in [6.07, 6.45) is 1.34. The normalized spacial score (nSPS) is 15.8. The van der Waals surface area contributed by atoms with Gasteiger partial charge in [0.1, 0.15) is 0 Å². The minimum atomic E-state index is -3.23. The largest absolute Gasteiger partial charge is 0.358 e. The lowest BCUT2D eigenvalue weighted by Crippen LogP contribution is -2.50. The summed E-state index contributed by atoms with van der Waals surface area (Å²) in [5.41, 5.74) is 1.14. The molecule has 1 aliphatic rings. The molecule has 0 bridgehead atoms. The smallest absolute Gasteiger partial charge is 0.293 e. The first-order chi connectivity index (χ1) is 13.2. The molecule has 1 saturated heterocycles. The molecule has 1 aromatic heterocycles. The van der Waals surface area contributed by atoms with Gasteiger partial charge in [-0.3, -0.25) is 9.59 Å². The van der Waals surface area contributed by atoms with Gasteiger partial charge in [0.25, 0.3) is 5.56 Å². The number of sulfonamides is 1. The molecule has 1 amide bonds. The third-order valence-corrected chi connectivity index (χ3v) is 6.17. The van der Waals surface area contributed by atoms with Gasteiger partial charge >= 0.3 is 0 Å². The Balaban J connectivity index is 1.76. The van der Waals surface area contributed by atoms with Crippen LogP contribution in [0.1, 0.15) is 6.42 Å². The molecular weight excluding hydrogens is 382 g/mol. The van der Waals surface area contributed by atoms with E-state index in [4.69, 9.17) is 0 Å². The highest BCUT2D eigenvalue weighted by molar-refractivity contribution is 7.88. The van der Waals surface area contributed by atoms with Crippen molar-refractivity contribution in [1.82, 2.24) is 18.8 Å². The van der Waals surface area contributed by atoms with E-state index >= 15 is 0 Å². The highest BCUT2D eigenvalue weighted by Crippen LogP contribution is 2.14. The molecule has 2 aromatic rings. The number of carbonyl (C=O) groups excluding carboxylic acids is 1. The maximum atomic E-state index is 12.8. The Morgan fingerprint density at radius 2 is 1.79 bits per heavy atom. The van der Waals surface area contributed by atoms with Crippen LogP contribution in [-0.2, 0) is 21.4 Å². The van der Waals surface area contributed by atoms with Crippen LogP contribution in [0.2, 0.25) is 0 Å². The summed E-state index contributed by atoms with van der Waals surface area (Å²) >= 11 is 0. The second kappa shape index (κ2) is 7.88. The predicted molar refractivity (Wildman–Crippen MR) is 108 cm³/mol. The minimum absolute atomic E-state index is 0.0904. The number of fused-ring (bicyclic) bond motifs is 1. The lowest BCUT2D eigenvalue weighted by atomic mass is 10.2. The molecule has 0 radical (unpaired) electrons. The molecule has 10 heteroatoms. The minimum Gasteiger partial charge on any atom is -0.358 e. The Hall–Kier alpha value is -2.46. The van der Waals surface area contributed by atoms with Gasteiger partial charge in [-0.1, -0.05) is 12.1 Å². The second-order valence-corrected chi connectivity index (χ2v) is 9.05. The molecule has 152 valence electrons. The molecule has 0 N–H and O–H groups in total. The van der Waals surface area contributed by atoms with Crippen LogP contribution in [0.5, 0.6) is 0 Å². The molecule has 0 atom stereocenters. The van der Waals surface area contributed by atoms with Gasteiger partial charge in [0.05, 0.1) is 17.3 Å². The standard InChI is InChI=1S/C18H25N5O4S/c1-20(2)17-18(25)23(15-7-5-4-6-14(15)19-17)9-8-16(24)21-10-12-22(13-11-21)28(3,26)27/h4-7H,8-13H2,1-3H3. The molecule has 0 unspecified atom stereocenters. The first-order valence-electron chi connectivity index (χ1n) is 9.08. The van der Waals surface area contributed by atoms with Gasteiger partial charge in [-0.15, -0.1) is 0 Å². The number of rotatable bonds is 5. The Morgan fingerprint density at radius 3 is 2.39 bits per heavy atom. The molecular formula is C18H25N5O4S. The zero-order valence-corrected chi connectivity index (χ0v) is 17.1. The molecule has 1 aromatic carbocycles. The molecule has 3 rings (SSSR count). The lowest BCUT2D eigenvalue weighted by Gasteiger charge is -2.33. The summed E-state index contributed by atoms with van der Waals surface area (Å²) in [5.74, 6) is 0.236. The number of para-hydroxylation sites is 2. The average Bonchev–Trinajstić information content (AvgIpc) is 2.66. The van der Waals surface area contributed by atoms with E-state index in [1.165, 1.54) is 10.6 Å². The van der Waals surface area contributed by atoms with Crippen molar-refractivity contribution in [1.29, 1.82) is 0 Å². The molecule has 9 nitrogen and oxygen atoms in total. The number of piperazine rings is 1. The van der Waals surface area contributed by atoms with E-state index in [1.807, 2.05) is 24.3 Å². The fourth-order valence-electron chi connectivity index (χ4n) is 3.33. The summed E-state index contributed by atoms with van der Waals surface area (Å²) in [6, 6.07) is 7.35. The number of aromatic nitrogens is 2. The molecule has 0 saturated carbocycles. The van der Waals surface area contributed by atoms with Crippen molar-refractivity contribution in [3.63, 3.8) is 0 Å². The second-order valence-electron chi connectivity index (χ2n) is 7.07. The van der Waals surface area contributed by atoms with Crippen molar-refractivity contribution in [2.75, 3.05) is 51.4 Å². The zero-order valence-electron chi connectivity index (χ0n) is 16.3. The molecule has 1 aliphatic heterocycles. The SMILES string of the molecule is CN(C)c1nc2ccccc2n(CCC(=O)N2CCN(S(C)(=O)=O)CC2)c1=O. The Morgan fingerprint density at radius 1 is 1.14 bits per heavy atom. The topological polar surface area (TPSA) is 95.8 Å². The molecule has 2 heterocycles. The summed E-state index contributed by atoms with van der Waals surface area (Å²) in [6.45, 7) is 1.57. The third-order valence-electron chi connectivity index (χ3n) is 4.87. The van der Waals surface area contributed by atoms with Crippen LogP contribution in [0.25, 0.3) is 11.0 Å². The van der Waals surface area contributed by atoms with Gasteiger partial charge in [-0.2, -0.15) is 4.31 Å². The number of nitrogens with zero attached hydrogens (tertiary/aromatic N) is 5. The van der Waals surface area contributed by atoms with Gasteiger partial charge in [0.2, 0.25) is 15.9 Å².